The summed E-state index contributed by atoms with van der Waals surface area (Å²) in [4.78, 5) is 17.3. The van der Waals surface area contributed by atoms with Crippen molar-refractivity contribution in [2.24, 2.45) is 0 Å². The van der Waals surface area contributed by atoms with E-state index in [1.807, 2.05) is 0 Å². The third kappa shape index (κ3) is 3.81. The van der Waals surface area contributed by atoms with Crippen LogP contribution in [0.1, 0.15) is 16.2 Å². The van der Waals surface area contributed by atoms with E-state index >= 15 is 0 Å². The highest BCUT2D eigenvalue weighted by atomic mass is 35.5. The van der Waals surface area contributed by atoms with Crippen molar-refractivity contribution in [1.29, 1.82) is 0 Å². The van der Waals surface area contributed by atoms with E-state index in [9.17, 15) is 22.4 Å². The highest BCUT2D eigenvalue weighted by molar-refractivity contribution is 7.13. The molecule has 1 N–H and O–H groups in total. The molecule has 29 heavy (non-hydrogen) atoms. The molecule has 148 valence electrons. The topological polar surface area (TPSA) is 59.3 Å². The molecule has 1 amide bonds. The summed E-state index contributed by atoms with van der Waals surface area (Å²) in [5.74, 6) is -2.69. The standard InChI is InChI=1S/C18H9ClF4N4OS/c19-18(22,23)15-7-12(14-2-1-5-29-14)24-16-8-13(26-27(15)16)17(28)25-11-4-3-9(20)6-10(11)21/h1-8H,(H,25,28). The number of nitrogens with one attached hydrogen (secondary N) is 1. The van der Waals surface area contributed by atoms with E-state index in [0.717, 1.165) is 22.7 Å². The molecule has 0 aliphatic heterocycles. The molecule has 1 aromatic carbocycles. The van der Waals surface area contributed by atoms with Crippen molar-refractivity contribution >= 4 is 40.2 Å². The number of benzene rings is 1. The van der Waals surface area contributed by atoms with E-state index in [2.05, 4.69) is 15.4 Å². The Balaban J connectivity index is 1.77. The van der Waals surface area contributed by atoms with Crippen LogP contribution in [0.25, 0.3) is 16.2 Å². The number of fused-ring (bicyclic) bond motifs is 1. The third-order valence-corrected chi connectivity index (χ3v) is 4.99. The average Bonchev–Trinajstić information content (AvgIpc) is 3.31. The van der Waals surface area contributed by atoms with Crippen LogP contribution < -0.4 is 5.32 Å². The molecule has 0 radical (unpaired) electrons. The monoisotopic (exact) mass is 440 g/mol. The van der Waals surface area contributed by atoms with E-state index in [0.29, 0.717) is 10.9 Å². The first-order valence-electron chi connectivity index (χ1n) is 8.00. The lowest BCUT2D eigenvalue weighted by molar-refractivity contribution is 0.0869. The summed E-state index contributed by atoms with van der Waals surface area (Å²) in [5, 5.41) is 4.02. The number of carbonyl (C=O) groups is 1. The first kappa shape index (κ1) is 19.3. The zero-order valence-electron chi connectivity index (χ0n) is 14.2. The summed E-state index contributed by atoms with van der Waals surface area (Å²) in [6.45, 7) is 0. The minimum Gasteiger partial charge on any atom is -0.318 e. The van der Waals surface area contributed by atoms with Gasteiger partial charge in [-0.25, -0.2) is 18.3 Å². The van der Waals surface area contributed by atoms with Crippen LogP contribution in [0.4, 0.5) is 23.2 Å². The second kappa shape index (κ2) is 7.12. The number of carbonyl (C=O) groups excluding carboxylic acids is 1. The first-order valence-corrected chi connectivity index (χ1v) is 9.26. The van der Waals surface area contributed by atoms with E-state index < -0.39 is 28.6 Å². The quantitative estimate of drug-likeness (QED) is 0.347. The van der Waals surface area contributed by atoms with Crippen molar-refractivity contribution in [2.75, 3.05) is 5.32 Å². The second-order valence-corrected chi connectivity index (χ2v) is 7.30. The van der Waals surface area contributed by atoms with Crippen LogP contribution >= 0.6 is 22.9 Å². The largest absolute Gasteiger partial charge is 0.364 e. The number of alkyl halides is 3. The van der Waals surface area contributed by atoms with Gasteiger partial charge >= 0.3 is 5.38 Å². The molecule has 0 aliphatic carbocycles. The van der Waals surface area contributed by atoms with Crippen molar-refractivity contribution < 1.29 is 22.4 Å². The van der Waals surface area contributed by atoms with Gasteiger partial charge in [0.1, 0.15) is 17.3 Å². The van der Waals surface area contributed by atoms with Gasteiger partial charge in [0.15, 0.2) is 11.3 Å². The number of thiophene rings is 1. The van der Waals surface area contributed by atoms with E-state index in [1.54, 1.807) is 17.5 Å². The highest BCUT2D eigenvalue weighted by Gasteiger charge is 2.33. The molecule has 0 atom stereocenters. The summed E-state index contributed by atoms with van der Waals surface area (Å²) < 4.78 is 55.4. The van der Waals surface area contributed by atoms with Gasteiger partial charge in [-0.15, -0.1) is 11.3 Å². The number of aromatic nitrogens is 3. The fraction of sp³-hybridized carbons (Fsp3) is 0.0556. The van der Waals surface area contributed by atoms with E-state index in [-0.39, 0.29) is 22.7 Å². The molecule has 0 fully saturated rings. The zero-order valence-corrected chi connectivity index (χ0v) is 15.7. The Morgan fingerprint density at radius 1 is 1.17 bits per heavy atom. The predicted octanol–water partition coefficient (Wildman–Crippen LogP) is 5.28. The van der Waals surface area contributed by atoms with Gasteiger partial charge < -0.3 is 5.32 Å². The number of hydrogen-bond donors (Lipinski definition) is 1. The molecule has 0 unspecified atom stereocenters. The number of anilines is 1. The fourth-order valence-corrected chi connectivity index (χ4v) is 3.44. The zero-order chi connectivity index (χ0) is 20.8. The highest BCUT2D eigenvalue weighted by Crippen LogP contribution is 2.35. The van der Waals surface area contributed by atoms with Crippen molar-refractivity contribution in [3.63, 3.8) is 0 Å². The number of hydrogen-bond acceptors (Lipinski definition) is 4. The van der Waals surface area contributed by atoms with Gasteiger partial charge in [-0.2, -0.15) is 13.9 Å². The maximum Gasteiger partial charge on any atom is 0.364 e. The number of rotatable bonds is 4. The van der Waals surface area contributed by atoms with Gasteiger partial charge in [-0.1, -0.05) is 6.07 Å². The first-order chi connectivity index (χ1) is 13.7. The molecule has 4 rings (SSSR count). The third-order valence-electron chi connectivity index (χ3n) is 3.90. The molecular weight excluding hydrogens is 432 g/mol. The Morgan fingerprint density at radius 2 is 1.97 bits per heavy atom. The normalized spacial score (nSPS) is 11.8. The molecular formula is C18H9ClF4N4OS. The Kier molecular flexibility index (Phi) is 4.75. The molecule has 3 heterocycles. The van der Waals surface area contributed by atoms with Gasteiger partial charge in [0.2, 0.25) is 0 Å². The average molecular weight is 441 g/mol. The summed E-state index contributed by atoms with van der Waals surface area (Å²) in [5.41, 5.74) is -1.08. The van der Waals surface area contributed by atoms with Crippen molar-refractivity contribution in [3.8, 4) is 10.6 Å². The van der Waals surface area contributed by atoms with Gasteiger partial charge in [-0.05, 0) is 41.2 Å². The molecule has 11 heteroatoms. The lowest BCUT2D eigenvalue weighted by atomic mass is 10.2. The lowest BCUT2D eigenvalue weighted by Gasteiger charge is -2.11. The number of halogens is 5. The number of nitrogens with zero attached hydrogens (tertiary/aromatic N) is 3. The smallest absolute Gasteiger partial charge is 0.318 e. The minimum absolute atomic E-state index is 0.0454. The van der Waals surface area contributed by atoms with Crippen molar-refractivity contribution in [3.05, 3.63) is 70.9 Å². The van der Waals surface area contributed by atoms with Gasteiger partial charge in [0.25, 0.3) is 5.91 Å². The van der Waals surface area contributed by atoms with Crippen LogP contribution in [0, 0.1) is 11.6 Å². The van der Waals surface area contributed by atoms with E-state index in [4.69, 9.17) is 11.6 Å². The van der Waals surface area contributed by atoms with Crippen LogP contribution in [-0.2, 0) is 5.38 Å². The van der Waals surface area contributed by atoms with Crippen LogP contribution in [0.3, 0.4) is 0 Å². The van der Waals surface area contributed by atoms with Gasteiger partial charge in [-0.3, -0.25) is 4.79 Å². The molecule has 3 aromatic heterocycles. The molecule has 0 bridgehead atoms. The van der Waals surface area contributed by atoms with Crippen molar-refractivity contribution in [1.82, 2.24) is 14.6 Å². The van der Waals surface area contributed by atoms with Gasteiger partial charge in [0, 0.05) is 12.1 Å². The maximum atomic E-state index is 13.9. The Morgan fingerprint density at radius 3 is 2.62 bits per heavy atom. The predicted molar refractivity (Wildman–Crippen MR) is 100 cm³/mol. The Bertz CT molecular complexity index is 1220. The summed E-state index contributed by atoms with van der Waals surface area (Å²) in [6, 6.07) is 8.27. The lowest BCUT2D eigenvalue weighted by Crippen LogP contribution is -2.15. The van der Waals surface area contributed by atoms with E-state index in [1.165, 1.54) is 17.4 Å². The second-order valence-electron chi connectivity index (χ2n) is 5.88. The summed E-state index contributed by atoms with van der Waals surface area (Å²) in [7, 11) is 0. The van der Waals surface area contributed by atoms with Gasteiger partial charge in [0.05, 0.1) is 16.3 Å². The van der Waals surface area contributed by atoms with Crippen LogP contribution in [-0.4, -0.2) is 20.5 Å². The maximum absolute atomic E-state index is 13.9. The molecule has 0 saturated carbocycles. The molecule has 0 saturated heterocycles. The molecule has 0 aliphatic rings. The van der Waals surface area contributed by atoms with Crippen molar-refractivity contribution in [2.45, 2.75) is 5.38 Å². The molecule has 4 aromatic rings. The SMILES string of the molecule is O=C(Nc1ccc(F)cc1F)c1cc2nc(-c3cccs3)cc(C(F)(F)Cl)n2n1. The fourth-order valence-electron chi connectivity index (χ4n) is 2.62. The molecule has 5 nitrogen and oxygen atoms in total. The summed E-state index contributed by atoms with van der Waals surface area (Å²) in [6.07, 6.45) is 0. The molecule has 0 spiro atoms. The van der Waals surface area contributed by atoms with Crippen LogP contribution in [0.15, 0.2) is 47.8 Å². The van der Waals surface area contributed by atoms with Crippen LogP contribution in [0.2, 0.25) is 0 Å². The number of amides is 1. The van der Waals surface area contributed by atoms with Crippen LogP contribution in [0.5, 0.6) is 0 Å². The minimum atomic E-state index is -3.78. The summed E-state index contributed by atoms with van der Waals surface area (Å²) >= 11 is 6.51. The Labute approximate surface area is 169 Å². The Hall–Kier alpha value is -2.98.